The molecule has 1 atom stereocenters. The van der Waals surface area contributed by atoms with Crippen LogP contribution < -0.4 is 10.1 Å². The van der Waals surface area contributed by atoms with Gasteiger partial charge in [0, 0.05) is 12.6 Å². The van der Waals surface area contributed by atoms with Gasteiger partial charge in [-0.1, -0.05) is 43.3 Å². The van der Waals surface area contributed by atoms with Gasteiger partial charge in [0.15, 0.2) is 0 Å². The van der Waals surface area contributed by atoms with Crippen LogP contribution in [0.2, 0.25) is 0 Å². The minimum absolute atomic E-state index is 0.146. The summed E-state index contributed by atoms with van der Waals surface area (Å²) < 4.78 is 6.78. The molecule has 0 fully saturated rings. The number of rotatable bonds is 8. The van der Waals surface area contributed by atoms with Crippen LogP contribution in [0.15, 0.2) is 53.0 Å². The number of benzene rings is 2. The predicted octanol–water partition coefficient (Wildman–Crippen LogP) is 3.89. The summed E-state index contributed by atoms with van der Waals surface area (Å²) in [5, 5.41) is 12.5. The first-order chi connectivity index (χ1) is 10.7. The van der Waals surface area contributed by atoms with E-state index in [2.05, 4.69) is 34.2 Å². The molecule has 0 amide bonds. The minimum Gasteiger partial charge on any atom is -0.488 e. The number of aliphatic hydroxyl groups is 1. The molecule has 3 nitrogen and oxygen atoms in total. The highest BCUT2D eigenvalue weighted by Crippen LogP contribution is 2.26. The number of nitrogens with one attached hydrogen (secondary N) is 1. The number of halogens is 1. The average Bonchev–Trinajstić information content (AvgIpc) is 2.56. The van der Waals surface area contributed by atoms with Crippen molar-refractivity contribution < 1.29 is 9.84 Å². The summed E-state index contributed by atoms with van der Waals surface area (Å²) in [7, 11) is 0. The Labute approximate surface area is 140 Å². The van der Waals surface area contributed by atoms with Crippen LogP contribution in [0.4, 0.5) is 0 Å². The third-order valence-electron chi connectivity index (χ3n) is 3.54. The number of hydrogen-bond acceptors (Lipinski definition) is 3. The normalized spacial score (nSPS) is 12.1. The van der Waals surface area contributed by atoms with Crippen molar-refractivity contribution in [3.05, 3.63) is 64.1 Å². The summed E-state index contributed by atoms with van der Waals surface area (Å²) in [5.41, 5.74) is 2.31. The summed E-state index contributed by atoms with van der Waals surface area (Å²) in [4.78, 5) is 0. The van der Waals surface area contributed by atoms with Gasteiger partial charge in [-0.05, 0) is 45.6 Å². The van der Waals surface area contributed by atoms with Crippen LogP contribution in [0.5, 0.6) is 5.75 Å². The lowest BCUT2D eigenvalue weighted by Gasteiger charge is -2.15. The molecule has 2 N–H and O–H groups in total. The van der Waals surface area contributed by atoms with Crippen molar-refractivity contribution in [3.63, 3.8) is 0 Å². The van der Waals surface area contributed by atoms with E-state index >= 15 is 0 Å². The molecule has 22 heavy (non-hydrogen) atoms. The number of hydrogen-bond donors (Lipinski definition) is 2. The van der Waals surface area contributed by atoms with Crippen molar-refractivity contribution >= 4 is 15.9 Å². The Morgan fingerprint density at radius 3 is 2.55 bits per heavy atom. The van der Waals surface area contributed by atoms with Crippen LogP contribution in [-0.4, -0.2) is 17.8 Å². The van der Waals surface area contributed by atoms with Crippen molar-refractivity contribution in [1.29, 1.82) is 0 Å². The second kappa shape index (κ2) is 8.93. The van der Waals surface area contributed by atoms with Gasteiger partial charge in [0.1, 0.15) is 12.4 Å². The van der Waals surface area contributed by atoms with E-state index in [9.17, 15) is 5.11 Å². The molecule has 4 heteroatoms. The van der Waals surface area contributed by atoms with E-state index in [0.717, 1.165) is 34.3 Å². The first-order valence-corrected chi connectivity index (χ1v) is 8.31. The molecule has 1 unspecified atom stereocenters. The third-order valence-corrected chi connectivity index (χ3v) is 4.16. The lowest BCUT2D eigenvalue weighted by Crippen LogP contribution is -2.31. The van der Waals surface area contributed by atoms with Crippen molar-refractivity contribution in [1.82, 2.24) is 5.32 Å². The zero-order valence-electron chi connectivity index (χ0n) is 12.8. The number of ether oxygens (including phenoxy) is 1. The maximum absolute atomic E-state index is 9.19. The molecule has 0 saturated carbocycles. The molecule has 2 rings (SSSR count). The molecular weight excluding hydrogens is 342 g/mol. The topological polar surface area (TPSA) is 41.5 Å². The van der Waals surface area contributed by atoms with Crippen LogP contribution in [0, 0.1) is 0 Å². The van der Waals surface area contributed by atoms with Crippen molar-refractivity contribution in [2.24, 2.45) is 0 Å². The average molecular weight is 364 g/mol. The zero-order valence-corrected chi connectivity index (χ0v) is 14.3. The molecule has 0 aliphatic carbocycles. The van der Waals surface area contributed by atoms with Gasteiger partial charge in [0.25, 0.3) is 0 Å². The van der Waals surface area contributed by atoms with E-state index < -0.39 is 0 Å². The largest absolute Gasteiger partial charge is 0.488 e. The lowest BCUT2D eigenvalue weighted by atomic mass is 10.2. The standard InChI is InChI=1S/C18H22BrNO2/c1-2-16(12-21)20-11-15-8-9-18(17(19)10-15)22-13-14-6-4-3-5-7-14/h3-10,16,20-21H,2,11-13H2,1H3. The molecule has 0 saturated heterocycles. The van der Waals surface area contributed by atoms with Gasteiger partial charge in [0.05, 0.1) is 11.1 Å². The Bertz CT molecular complexity index is 571. The van der Waals surface area contributed by atoms with E-state index in [0.29, 0.717) is 6.61 Å². The fraction of sp³-hybridized carbons (Fsp3) is 0.333. The molecule has 0 bridgehead atoms. The maximum atomic E-state index is 9.19. The molecule has 0 heterocycles. The monoisotopic (exact) mass is 363 g/mol. The van der Waals surface area contributed by atoms with E-state index in [1.807, 2.05) is 42.5 Å². The van der Waals surface area contributed by atoms with Crippen LogP contribution in [0.1, 0.15) is 24.5 Å². The Balaban J connectivity index is 1.92. The summed E-state index contributed by atoms with van der Waals surface area (Å²) in [6.45, 7) is 3.51. The molecule has 0 aromatic heterocycles. The van der Waals surface area contributed by atoms with Gasteiger partial charge in [-0.2, -0.15) is 0 Å². The summed E-state index contributed by atoms with van der Waals surface area (Å²) >= 11 is 3.56. The molecule has 0 aliphatic heterocycles. The lowest BCUT2D eigenvalue weighted by molar-refractivity contribution is 0.238. The highest BCUT2D eigenvalue weighted by molar-refractivity contribution is 9.10. The Kier molecular flexibility index (Phi) is 6.90. The Morgan fingerprint density at radius 1 is 1.14 bits per heavy atom. The van der Waals surface area contributed by atoms with Gasteiger partial charge >= 0.3 is 0 Å². The molecule has 118 valence electrons. The van der Waals surface area contributed by atoms with Gasteiger partial charge in [-0.15, -0.1) is 0 Å². The molecule has 0 radical (unpaired) electrons. The fourth-order valence-corrected chi connectivity index (χ4v) is 2.65. The minimum atomic E-state index is 0.146. The van der Waals surface area contributed by atoms with Crippen LogP contribution in [0.3, 0.4) is 0 Å². The molecule has 0 spiro atoms. The predicted molar refractivity (Wildman–Crippen MR) is 92.9 cm³/mol. The maximum Gasteiger partial charge on any atom is 0.134 e. The van der Waals surface area contributed by atoms with E-state index in [4.69, 9.17) is 4.74 Å². The van der Waals surface area contributed by atoms with Gasteiger partial charge < -0.3 is 15.2 Å². The van der Waals surface area contributed by atoms with Crippen LogP contribution in [-0.2, 0) is 13.2 Å². The second-order valence-corrected chi connectivity index (χ2v) is 6.06. The van der Waals surface area contributed by atoms with Gasteiger partial charge in [-0.25, -0.2) is 0 Å². The summed E-state index contributed by atoms with van der Waals surface area (Å²) in [5.74, 6) is 0.835. The fourth-order valence-electron chi connectivity index (χ4n) is 2.11. The Morgan fingerprint density at radius 2 is 1.91 bits per heavy atom. The smallest absolute Gasteiger partial charge is 0.134 e. The number of aliphatic hydroxyl groups excluding tert-OH is 1. The SMILES string of the molecule is CCC(CO)NCc1ccc(OCc2ccccc2)c(Br)c1. The first-order valence-electron chi connectivity index (χ1n) is 7.52. The van der Waals surface area contributed by atoms with Gasteiger partial charge in [0.2, 0.25) is 0 Å². The zero-order chi connectivity index (χ0) is 15.8. The van der Waals surface area contributed by atoms with Crippen molar-refractivity contribution in [2.45, 2.75) is 32.5 Å². The quantitative estimate of drug-likeness (QED) is 0.747. The molecule has 2 aromatic carbocycles. The van der Waals surface area contributed by atoms with E-state index in [-0.39, 0.29) is 12.6 Å². The van der Waals surface area contributed by atoms with Crippen LogP contribution in [0.25, 0.3) is 0 Å². The summed E-state index contributed by atoms with van der Waals surface area (Å²) in [6, 6.07) is 16.3. The van der Waals surface area contributed by atoms with Gasteiger partial charge in [-0.3, -0.25) is 0 Å². The second-order valence-electron chi connectivity index (χ2n) is 5.21. The Hall–Kier alpha value is -1.36. The van der Waals surface area contributed by atoms with E-state index in [1.54, 1.807) is 0 Å². The summed E-state index contributed by atoms with van der Waals surface area (Å²) in [6.07, 6.45) is 0.913. The highest BCUT2D eigenvalue weighted by Gasteiger charge is 2.06. The van der Waals surface area contributed by atoms with Crippen LogP contribution >= 0.6 is 15.9 Å². The highest BCUT2D eigenvalue weighted by atomic mass is 79.9. The van der Waals surface area contributed by atoms with E-state index in [1.165, 1.54) is 0 Å². The van der Waals surface area contributed by atoms with Crippen molar-refractivity contribution in [2.75, 3.05) is 6.61 Å². The third kappa shape index (κ3) is 5.13. The first kappa shape index (κ1) is 17.0. The molecule has 2 aromatic rings. The molecular formula is C18H22BrNO2. The van der Waals surface area contributed by atoms with Crippen molar-refractivity contribution in [3.8, 4) is 5.75 Å². The molecule has 0 aliphatic rings.